The molecule has 0 aromatic carbocycles. The normalized spacial score (nSPS) is 11.2. The molecular weight excluding hydrogens is 358 g/mol. The maximum Gasteiger partial charge on any atom is -1.00 e. The van der Waals surface area contributed by atoms with Gasteiger partial charge in [-0.15, -0.1) is 0 Å². The average molecular weight is 391 g/mol. The minimum atomic E-state index is -0.592. The van der Waals surface area contributed by atoms with E-state index in [2.05, 4.69) is 27.7 Å². The van der Waals surface area contributed by atoms with Gasteiger partial charge in [-0.25, -0.2) is 0 Å². The van der Waals surface area contributed by atoms with E-state index < -0.39 is 19.2 Å². The van der Waals surface area contributed by atoms with E-state index in [0.29, 0.717) is 13.3 Å². The van der Waals surface area contributed by atoms with Gasteiger partial charge in [0, 0.05) is 0 Å². The number of hydrogen-bond donors (Lipinski definition) is 0. The van der Waals surface area contributed by atoms with Gasteiger partial charge in [0.2, 0.25) is 0 Å². The van der Waals surface area contributed by atoms with E-state index in [1.165, 1.54) is 12.8 Å². The van der Waals surface area contributed by atoms with Crippen LogP contribution in [0.4, 0.5) is 0 Å². The first-order valence-corrected chi connectivity index (χ1v) is 28.0. The fraction of sp³-hybridized carbons (Fsp3) is 1.00. The zero-order valence-electron chi connectivity index (χ0n) is 12.9. The van der Waals surface area contributed by atoms with Crippen molar-refractivity contribution in [2.24, 2.45) is 0 Å². The van der Waals surface area contributed by atoms with E-state index in [1.807, 2.05) is 0 Å². The van der Waals surface area contributed by atoms with Crippen molar-refractivity contribution in [1.29, 1.82) is 0 Å². The Labute approximate surface area is 125 Å². The maximum absolute atomic E-state index is 2.53. The van der Waals surface area contributed by atoms with Gasteiger partial charge < -0.3 is 9.41 Å². The van der Waals surface area contributed by atoms with E-state index in [1.54, 1.807) is 37.0 Å². The summed E-state index contributed by atoms with van der Waals surface area (Å²) in [5, 5.41) is 0. The average Bonchev–Trinajstić information content (AvgIpc) is 2.30. The summed E-state index contributed by atoms with van der Waals surface area (Å²) in [6.45, 7) is 10.9. The Balaban J connectivity index is -0.00000112. The van der Waals surface area contributed by atoms with Gasteiger partial charge >= 0.3 is 116 Å². The van der Waals surface area contributed by atoms with E-state index in [9.17, 15) is 0 Å². The Morgan fingerprint density at radius 2 is 1.17 bits per heavy atom. The summed E-state index contributed by atoms with van der Waals surface area (Å²) in [6, 6.07) is 6.88. The Kier molecular flexibility index (Phi) is 24.9. The van der Waals surface area contributed by atoms with Crippen LogP contribution in [0.5, 0.6) is 0 Å². The molecule has 0 saturated heterocycles. The quantitative estimate of drug-likeness (QED) is 0.260. The van der Waals surface area contributed by atoms with Gasteiger partial charge in [-0.1, -0.05) is 0 Å². The smallest absolute Gasteiger partial charge is 1.00 e. The summed E-state index contributed by atoms with van der Waals surface area (Å²) >= 11 is -0.592. The topological polar surface area (TPSA) is 0 Å². The first-order chi connectivity index (χ1) is 7.79. The summed E-state index contributed by atoms with van der Waals surface area (Å²) < 4.78 is 0. The van der Waals surface area contributed by atoms with Gasteiger partial charge in [0.1, 0.15) is 0 Å². The Morgan fingerprint density at radius 1 is 0.778 bits per heavy atom. The summed E-state index contributed by atoms with van der Waals surface area (Å²) in [5.74, 6) is -0.0723. The molecule has 111 valence electrons. The minimum absolute atomic E-state index is 0. The Bertz CT molecular complexity index is 139. The molecule has 0 unspecified atom stereocenters. The molecule has 0 radical (unpaired) electrons. The molecule has 0 amide bonds. The van der Waals surface area contributed by atoms with Crippen LogP contribution in [0.25, 0.3) is 0 Å². The van der Waals surface area contributed by atoms with Crippen molar-refractivity contribution in [3.63, 3.8) is 0 Å². The van der Waals surface area contributed by atoms with Crippen LogP contribution in [-0.2, 0) is 19.2 Å². The standard InChI is InChI=1S/3C4H11Si.2FH.Zr/c1-3-5-4-2;2*1-2-3-4-5;;;/h5H,3-4H2,1-2H3;2*2-5H2,1H3;2*1H;/q;;;;;+2/p-2. The van der Waals surface area contributed by atoms with Crippen LogP contribution in [0.2, 0.25) is 24.2 Å². The van der Waals surface area contributed by atoms with Gasteiger partial charge in [0.05, 0.1) is 0 Å². The zero-order chi connectivity index (χ0) is 12.2. The molecule has 0 nitrogen and oxygen atoms in total. The number of unbranched alkanes of at least 4 members (excludes halogenated alkanes) is 2. The van der Waals surface area contributed by atoms with Crippen molar-refractivity contribution >= 4 is 19.2 Å². The Hall–Kier alpha value is 1.39. The number of rotatable bonds is 11. The summed E-state index contributed by atoms with van der Waals surface area (Å²) in [6.07, 6.45) is 6.11. The fourth-order valence-electron chi connectivity index (χ4n) is 2.60. The second-order valence-corrected chi connectivity index (χ2v) is 58.3. The molecule has 18 heavy (non-hydrogen) atoms. The second kappa shape index (κ2) is 18.4. The van der Waals surface area contributed by atoms with Gasteiger partial charge in [-0.3, -0.25) is 0 Å². The molecule has 0 atom stereocenters. The third kappa shape index (κ3) is 12.4. The van der Waals surface area contributed by atoms with Crippen LogP contribution < -0.4 is 9.41 Å². The molecule has 0 N–H and O–H groups in total. The molecule has 0 heterocycles. The van der Waals surface area contributed by atoms with Gasteiger partial charge in [-0.05, 0) is 0 Å². The van der Waals surface area contributed by atoms with Crippen molar-refractivity contribution in [3.8, 4) is 0 Å². The van der Waals surface area contributed by atoms with Crippen molar-refractivity contribution in [2.75, 3.05) is 0 Å². The largest absolute Gasteiger partial charge is 1.00 e. The van der Waals surface area contributed by atoms with Crippen molar-refractivity contribution in [3.05, 3.63) is 0 Å². The van der Waals surface area contributed by atoms with E-state index in [-0.39, 0.29) is 15.3 Å². The molecule has 0 aromatic rings. The molecule has 0 saturated carbocycles. The number of hydrogen-bond acceptors (Lipinski definition) is 0. The molecule has 0 bridgehead atoms. The van der Waals surface area contributed by atoms with Gasteiger partial charge in [0.15, 0.2) is 0 Å². The molecule has 6 heteroatoms. The van der Waals surface area contributed by atoms with Crippen LogP contribution in [0.1, 0.15) is 53.4 Å². The second-order valence-electron chi connectivity index (χ2n) is 5.09. The third-order valence-corrected chi connectivity index (χ3v) is 82.4. The SMILES string of the molecule is CCCC[SiH2][Zr+2]([SiH2]CCCC)[SiH](CC)CC.[F-].[F-]. The van der Waals surface area contributed by atoms with E-state index in [0.717, 1.165) is 0 Å². The summed E-state index contributed by atoms with van der Waals surface area (Å²) in [4.78, 5) is 0. The molecule has 0 aliphatic heterocycles. The molecule has 0 rings (SSSR count). The van der Waals surface area contributed by atoms with Crippen LogP contribution in [-0.4, -0.2) is 19.2 Å². The van der Waals surface area contributed by atoms with Crippen molar-refractivity contribution < 1.29 is 28.6 Å². The first-order valence-electron chi connectivity index (χ1n) is 7.64. The van der Waals surface area contributed by atoms with Crippen LogP contribution in [0, 0.1) is 0 Å². The minimum Gasteiger partial charge on any atom is -1.00 e. The molecule has 0 aliphatic carbocycles. The predicted octanol–water partition coefficient (Wildman–Crippen LogP) is -3.02. The monoisotopic (exact) mass is 389 g/mol. The predicted molar refractivity (Wildman–Crippen MR) is 84.6 cm³/mol. The van der Waals surface area contributed by atoms with Crippen LogP contribution in [0.15, 0.2) is 0 Å². The van der Waals surface area contributed by atoms with Crippen LogP contribution in [0.3, 0.4) is 0 Å². The van der Waals surface area contributed by atoms with Gasteiger partial charge in [0.25, 0.3) is 0 Å². The van der Waals surface area contributed by atoms with Gasteiger partial charge in [-0.2, -0.15) is 0 Å². The summed E-state index contributed by atoms with van der Waals surface area (Å²) in [7, 11) is 0. The number of halogens is 2. The van der Waals surface area contributed by atoms with Crippen molar-refractivity contribution in [2.45, 2.75) is 77.6 Å². The maximum atomic E-state index is 2.53. The van der Waals surface area contributed by atoms with Crippen molar-refractivity contribution in [1.82, 2.24) is 0 Å². The summed E-state index contributed by atoms with van der Waals surface area (Å²) in [5.41, 5.74) is 0. The van der Waals surface area contributed by atoms with E-state index >= 15 is 0 Å². The molecule has 0 fully saturated rings. The molecular formula is C12H33F2Si3Zr. The first kappa shape index (κ1) is 24.4. The van der Waals surface area contributed by atoms with E-state index in [4.69, 9.17) is 0 Å². The fourth-order valence-corrected chi connectivity index (χ4v) is 90.1. The zero-order valence-corrected chi connectivity index (χ0v) is 19.3. The third-order valence-electron chi connectivity index (χ3n) is 3.77. The molecule has 0 aromatic heterocycles. The Morgan fingerprint density at radius 3 is 1.44 bits per heavy atom. The molecule has 0 aliphatic rings. The molecule has 0 spiro atoms. The van der Waals surface area contributed by atoms with Crippen LogP contribution >= 0.6 is 0 Å².